The molecule has 2 aromatic heterocycles. The summed E-state index contributed by atoms with van der Waals surface area (Å²) >= 11 is 0. The zero-order valence-corrected chi connectivity index (χ0v) is 15.7. The molecule has 14 heteroatoms. The monoisotopic (exact) mass is 465 g/mol. The summed E-state index contributed by atoms with van der Waals surface area (Å²) in [5, 5.41) is 16.4. The Hall–Kier alpha value is -3.19. The summed E-state index contributed by atoms with van der Waals surface area (Å²) in [5.74, 6) is -9.20. The van der Waals surface area contributed by atoms with Crippen molar-refractivity contribution in [3.8, 4) is 5.82 Å². The molecule has 0 bridgehead atoms. The van der Waals surface area contributed by atoms with E-state index >= 15 is 0 Å². The average Bonchev–Trinajstić information content (AvgIpc) is 3.15. The van der Waals surface area contributed by atoms with E-state index in [9.17, 15) is 45.4 Å². The van der Waals surface area contributed by atoms with Crippen molar-refractivity contribution in [3.63, 3.8) is 0 Å². The number of carbonyl (C=O) groups excluding carboxylic acids is 2. The Morgan fingerprint density at radius 3 is 2.34 bits per heavy atom. The van der Waals surface area contributed by atoms with Crippen LogP contribution in [0.4, 0.5) is 30.7 Å². The number of carboxylic acid groups (broad SMARTS) is 1. The van der Waals surface area contributed by atoms with Gasteiger partial charge in [-0.3, -0.25) is 4.79 Å². The number of nitrogens with zero attached hydrogens (tertiary/aromatic N) is 3. The molecule has 0 spiro atoms. The lowest BCUT2D eigenvalue weighted by Crippen LogP contribution is -2.60. The number of nitrogens with one attached hydrogen (secondary N) is 1. The minimum atomic E-state index is -6.02. The molecule has 0 aromatic carbocycles. The first-order chi connectivity index (χ1) is 14.8. The molecule has 1 unspecified atom stereocenters. The van der Waals surface area contributed by atoms with Crippen molar-refractivity contribution in [3.05, 3.63) is 41.1 Å². The second-order valence-electron chi connectivity index (χ2n) is 7.60. The normalized spacial score (nSPS) is 20.6. The molecule has 0 aliphatic heterocycles. The van der Waals surface area contributed by atoms with Crippen LogP contribution in [0, 0.1) is 17.7 Å². The van der Waals surface area contributed by atoms with Gasteiger partial charge in [0.25, 0.3) is 5.91 Å². The van der Waals surface area contributed by atoms with Crippen LogP contribution in [0.5, 0.6) is 0 Å². The molecule has 1 fully saturated rings. The summed E-state index contributed by atoms with van der Waals surface area (Å²) in [6, 6.07) is -1.14. The lowest BCUT2D eigenvalue weighted by molar-refractivity contribution is -0.331. The van der Waals surface area contributed by atoms with Gasteiger partial charge in [-0.15, -0.1) is 0 Å². The fourth-order valence-electron chi connectivity index (χ4n) is 4.02. The maximum Gasteiger partial charge on any atom is 0.402 e. The maximum atomic E-state index is 13.2. The third-order valence-electron chi connectivity index (χ3n) is 5.49. The number of hydrogen-bond donors (Lipinski definition) is 1. The quantitative estimate of drug-likeness (QED) is 0.678. The number of hydrogen-bond acceptors (Lipinski definition) is 5. The number of amides is 1. The zero-order valence-electron chi connectivity index (χ0n) is 15.7. The molecule has 172 valence electrons. The largest absolute Gasteiger partial charge is 0.548 e. The Balaban J connectivity index is 1.70. The van der Waals surface area contributed by atoms with Gasteiger partial charge in [0.1, 0.15) is 5.82 Å². The Morgan fingerprint density at radius 1 is 1.16 bits per heavy atom. The van der Waals surface area contributed by atoms with Crippen LogP contribution in [0.25, 0.3) is 5.82 Å². The second kappa shape index (κ2) is 7.17. The van der Waals surface area contributed by atoms with Gasteiger partial charge in [0, 0.05) is 11.5 Å². The van der Waals surface area contributed by atoms with Crippen molar-refractivity contribution in [1.29, 1.82) is 0 Å². The molecule has 1 N–H and O–H groups in total. The van der Waals surface area contributed by atoms with Crippen molar-refractivity contribution >= 4 is 11.9 Å². The van der Waals surface area contributed by atoms with E-state index in [2.05, 4.69) is 10.1 Å². The summed E-state index contributed by atoms with van der Waals surface area (Å²) in [5.41, 5.74) is 0.225. The van der Waals surface area contributed by atoms with Crippen LogP contribution in [0.2, 0.25) is 0 Å². The highest BCUT2D eigenvalue weighted by atomic mass is 19.4. The van der Waals surface area contributed by atoms with Crippen LogP contribution >= 0.6 is 0 Å². The molecule has 0 radical (unpaired) electrons. The van der Waals surface area contributed by atoms with E-state index in [0.717, 1.165) is 18.7 Å². The summed E-state index contributed by atoms with van der Waals surface area (Å²) in [7, 11) is 0. The number of alkyl halides is 6. The summed E-state index contributed by atoms with van der Waals surface area (Å²) in [4.78, 5) is 27.6. The van der Waals surface area contributed by atoms with Crippen LogP contribution in [0.3, 0.4) is 0 Å². The van der Waals surface area contributed by atoms with Crippen LogP contribution in [-0.4, -0.2) is 45.0 Å². The van der Waals surface area contributed by atoms with Gasteiger partial charge in [-0.25, -0.2) is 14.1 Å². The molecule has 2 aliphatic rings. The lowest BCUT2D eigenvalue weighted by atomic mass is 9.97. The molecule has 0 saturated heterocycles. The highest BCUT2D eigenvalue weighted by Gasteiger charge is 2.61. The van der Waals surface area contributed by atoms with E-state index in [-0.39, 0.29) is 29.6 Å². The highest BCUT2D eigenvalue weighted by Crippen LogP contribution is 2.57. The van der Waals surface area contributed by atoms with Gasteiger partial charge in [-0.1, -0.05) is 0 Å². The molecule has 2 heterocycles. The van der Waals surface area contributed by atoms with Gasteiger partial charge in [0.2, 0.25) is 0 Å². The molecular weight excluding hydrogens is 453 g/mol. The van der Waals surface area contributed by atoms with Gasteiger partial charge in [-0.2, -0.15) is 31.4 Å². The molecule has 2 aliphatic carbocycles. The zero-order chi connectivity index (χ0) is 23.6. The average molecular weight is 465 g/mol. The molecule has 7 nitrogen and oxygen atoms in total. The predicted octanol–water partition coefficient (Wildman–Crippen LogP) is 1.66. The van der Waals surface area contributed by atoms with Gasteiger partial charge in [0.15, 0.2) is 17.4 Å². The number of aromatic nitrogens is 3. The van der Waals surface area contributed by atoms with E-state index in [4.69, 9.17) is 0 Å². The summed E-state index contributed by atoms with van der Waals surface area (Å²) < 4.78 is 92.3. The first-order valence-electron chi connectivity index (χ1n) is 9.18. The van der Waals surface area contributed by atoms with Crippen LogP contribution in [0.15, 0.2) is 18.3 Å². The minimum absolute atomic E-state index is 0.0547. The predicted molar refractivity (Wildman–Crippen MR) is 87.7 cm³/mol. The smallest absolute Gasteiger partial charge is 0.402 e. The van der Waals surface area contributed by atoms with Crippen molar-refractivity contribution in [1.82, 2.24) is 20.1 Å². The number of carbonyl (C=O) groups is 2. The SMILES string of the molecule is O=C(NC(C(=O)[O-])C(C(F)(F)F)C(F)(F)F)c1nn(-c2ccc(F)cn2)c2c1C[C@H]1C[C@@H]21. The van der Waals surface area contributed by atoms with Crippen molar-refractivity contribution in [2.75, 3.05) is 0 Å². The standard InChI is InChI=1S/C18H13F7N4O3/c19-7-1-2-10(26-5-7)29-13-8-3-6(8)4-9(13)11(28-29)15(30)27-12(16(31)32)14(17(20,21)22)18(23,24)25/h1-2,5-6,8,12,14H,3-4H2,(H,27,30)(H,31,32)/p-1/t6-,8-,12?/m1/s1. The molecule has 3 atom stereocenters. The molecule has 4 rings (SSSR count). The number of aliphatic carboxylic acids is 1. The van der Waals surface area contributed by atoms with Crippen molar-refractivity contribution in [2.45, 2.75) is 37.2 Å². The van der Waals surface area contributed by atoms with Gasteiger partial charge in [-0.05, 0) is 30.9 Å². The Labute approximate surface area is 174 Å². The van der Waals surface area contributed by atoms with Crippen LogP contribution in [-0.2, 0) is 11.2 Å². The molecule has 1 amide bonds. The molecule has 2 aromatic rings. The Kier molecular flexibility index (Phi) is 4.93. The van der Waals surface area contributed by atoms with Gasteiger partial charge >= 0.3 is 12.4 Å². The fraction of sp³-hybridized carbons (Fsp3) is 0.444. The number of rotatable bonds is 5. The minimum Gasteiger partial charge on any atom is -0.548 e. The van der Waals surface area contributed by atoms with E-state index < -0.39 is 47.7 Å². The highest BCUT2D eigenvalue weighted by molar-refractivity contribution is 5.96. The third kappa shape index (κ3) is 3.77. The second-order valence-corrected chi connectivity index (χ2v) is 7.60. The topological polar surface area (TPSA) is 99.9 Å². The number of halogens is 7. The number of fused-ring (bicyclic) bond motifs is 3. The summed E-state index contributed by atoms with van der Waals surface area (Å²) in [6.07, 6.45) is -10.2. The van der Waals surface area contributed by atoms with E-state index in [1.165, 1.54) is 16.1 Å². The maximum absolute atomic E-state index is 13.2. The van der Waals surface area contributed by atoms with Crippen LogP contribution in [0.1, 0.15) is 34.1 Å². The van der Waals surface area contributed by atoms with E-state index in [0.29, 0.717) is 5.69 Å². The number of carboxylic acids is 1. The van der Waals surface area contributed by atoms with Crippen LogP contribution < -0.4 is 10.4 Å². The summed E-state index contributed by atoms with van der Waals surface area (Å²) in [6.45, 7) is 0. The first-order valence-corrected chi connectivity index (χ1v) is 9.18. The van der Waals surface area contributed by atoms with E-state index in [1.54, 1.807) is 0 Å². The molecule has 1 saturated carbocycles. The molecular formula is C18H12F7N4O3-. The third-order valence-corrected chi connectivity index (χ3v) is 5.49. The lowest BCUT2D eigenvalue weighted by Gasteiger charge is -2.31. The van der Waals surface area contributed by atoms with E-state index in [1.807, 2.05) is 0 Å². The van der Waals surface area contributed by atoms with Gasteiger partial charge in [0.05, 0.1) is 23.9 Å². The van der Waals surface area contributed by atoms with Crippen molar-refractivity contribution in [2.24, 2.45) is 11.8 Å². The number of pyridine rings is 1. The molecule has 32 heavy (non-hydrogen) atoms. The van der Waals surface area contributed by atoms with Crippen molar-refractivity contribution < 1.29 is 45.4 Å². The first kappa shape index (κ1) is 22.0. The fourth-order valence-corrected chi connectivity index (χ4v) is 4.02. The Bertz CT molecular complexity index is 1060. The van der Waals surface area contributed by atoms with Gasteiger partial charge < -0.3 is 15.2 Å². The Morgan fingerprint density at radius 2 is 1.81 bits per heavy atom.